The average molecular weight is 416 g/mol. The van der Waals surface area contributed by atoms with Gasteiger partial charge in [-0.25, -0.2) is 4.39 Å². The predicted octanol–water partition coefficient (Wildman–Crippen LogP) is 5.56. The number of hydrogen-bond donors (Lipinski definition) is 1. The van der Waals surface area contributed by atoms with Crippen molar-refractivity contribution in [3.8, 4) is 11.5 Å². The summed E-state index contributed by atoms with van der Waals surface area (Å²) < 4.78 is 25.7. The minimum absolute atomic E-state index is 0. The summed E-state index contributed by atoms with van der Waals surface area (Å²) in [7, 11) is 0. The molecule has 3 aromatic rings. The van der Waals surface area contributed by atoms with Crippen LogP contribution in [0.25, 0.3) is 0 Å². The Labute approximate surface area is 178 Å². The number of rotatable bonds is 10. The van der Waals surface area contributed by atoms with Gasteiger partial charge in [0.05, 0.1) is 6.61 Å². The van der Waals surface area contributed by atoms with Crippen molar-refractivity contribution < 1.29 is 13.9 Å². The molecule has 29 heavy (non-hydrogen) atoms. The molecule has 5 heteroatoms. The van der Waals surface area contributed by atoms with Crippen LogP contribution in [0.4, 0.5) is 4.39 Å². The summed E-state index contributed by atoms with van der Waals surface area (Å²) in [5.41, 5.74) is 2.82. The van der Waals surface area contributed by atoms with Gasteiger partial charge < -0.3 is 14.8 Å². The van der Waals surface area contributed by atoms with Crippen molar-refractivity contribution in [2.75, 3.05) is 13.2 Å². The van der Waals surface area contributed by atoms with Gasteiger partial charge in [-0.3, -0.25) is 0 Å². The summed E-state index contributed by atoms with van der Waals surface area (Å²) >= 11 is 0. The maximum Gasteiger partial charge on any atom is 0.166 e. The first-order chi connectivity index (χ1) is 13.8. The fourth-order valence-electron chi connectivity index (χ4n) is 3.00. The molecule has 0 unspecified atom stereocenters. The summed E-state index contributed by atoms with van der Waals surface area (Å²) in [6.45, 7) is 4.15. The molecule has 154 valence electrons. The van der Waals surface area contributed by atoms with E-state index in [1.807, 2.05) is 37.3 Å². The fourth-order valence-corrected chi connectivity index (χ4v) is 3.00. The molecule has 0 spiro atoms. The molecule has 0 fully saturated rings. The van der Waals surface area contributed by atoms with E-state index >= 15 is 0 Å². The summed E-state index contributed by atoms with van der Waals surface area (Å²) in [4.78, 5) is 0. The molecule has 3 rings (SSSR count). The lowest BCUT2D eigenvalue weighted by Gasteiger charge is -2.17. The van der Waals surface area contributed by atoms with Gasteiger partial charge in [-0.15, -0.1) is 12.4 Å². The number of hydrogen-bond acceptors (Lipinski definition) is 3. The van der Waals surface area contributed by atoms with Gasteiger partial charge in [-0.1, -0.05) is 60.7 Å². The average Bonchev–Trinajstić information content (AvgIpc) is 2.73. The van der Waals surface area contributed by atoms with Crippen molar-refractivity contribution in [3.05, 3.63) is 95.3 Å². The van der Waals surface area contributed by atoms with Crippen LogP contribution in [0.2, 0.25) is 0 Å². The van der Waals surface area contributed by atoms with Crippen molar-refractivity contribution >= 4 is 12.4 Å². The van der Waals surface area contributed by atoms with Crippen molar-refractivity contribution in [2.45, 2.75) is 26.5 Å². The topological polar surface area (TPSA) is 30.5 Å². The summed E-state index contributed by atoms with van der Waals surface area (Å²) in [5, 5.41) is 3.46. The molecular weight excluding hydrogens is 389 g/mol. The highest BCUT2D eigenvalue weighted by Gasteiger charge is 2.12. The molecule has 0 aliphatic carbocycles. The molecule has 3 nitrogen and oxygen atoms in total. The summed E-state index contributed by atoms with van der Waals surface area (Å²) in [6, 6.07) is 22.9. The van der Waals surface area contributed by atoms with Gasteiger partial charge in [-0.2, -0.15) is 0 Å². The Balaban J connectivity index is 0.00000300. The van der Waals surface area contributed by atoms with Crippen molar-refractivity contribution in [2.24, 2.45) is 0 Å². The van der Waals surface area contributed by atoms with Crippen LogP contribution in [0, 0.1) is 5.82 Å². The van der Waals surface area contributed by atoms with E-state index in [2.05, 4.69) is 29.6 Å². The summed E-state index contributed by atoms with van der Waals surface area (Å²) in [5.74, 6) is 1.08. The minimum atomic E-state index is -0.265. The molecule has 3 aromatic carbocycles. The molecule has 0 bridgehead atoms. The third-order valence-corrected chi connectivity index (χ3v) is 4.44. The highest BCUT2D eigenvalue weighted by atomic mass is 35.5. The van der Waals surface area contributed by atoms with Crippen LogP contribution in [-0.2, 0) is 19.6 Å². The van der Waals surface area contributed by atoms with Gasteiger partial charge in [0, 0.05) is 17.7 Å². The number of para-hydroxylation sites is 1. The smallest absolute Gasteiger partial charge is 0.166 e. The van der Waals surface area contributed by atoms with E-state index < -0.39 is 0 Å². The Morgan fingerprint density at radius 2 is 1.55 bits per heavy atom. The van der Waals surface area contributed by atoms with Crippen LogP contribution in [0.3, 0.4) is 0 Å². The number of halogens is 2. The maximum absolute atomic E-state index is 13.9. The van der Waals surface area contributed by atoms with Crippen LogP contribution in [0.15, 0.2) is 72.8 Å². The Morgan fingerprint density at radius 3 is 2.31 bits per heavy atom. The van der Waals surface area contributed by atoms with E-state index in [9.17, 15) is 4.39 Å². The standard InChI is InChI=1S/C24H26FNO2.ClH/c1-2-27-23-14-8-12-20(17-26-16-15-19-9-4-3-5-10-19)24(23)28-18-21-11-6-7-13-22(21)25;/h3-14,26H,2,15-18H2,1H3;1H. The second kappa shape index (κ2) is 12.1. The lowest BCUT2D eigenvalue weighted by atomic mass is 10.1. The zero-order chi connectivity index (χ0) is 19.6. The van der Waals surface area contributed by atoms with Gasteiger partial charge in [0.2, 0.25) is 0 Å². The minimum Gasteiger partial charge on any atom is -0.490 e. The third kappa shape index (κ3) is 6.77. The van der Waals surface area contributed by atoms with Crippen molar-refractivity contribution in [3.63, 3.8) is 0 Å². The zero-order valence-corrected chi connectivity index (χ0v) is 17.4. The number of nitrogens with one attached hydrogen (secondary N) is 1. The molecule has 0 aliphatic rings. The quantitative estimate of drug-likeness (QED) is 0.440. The van der Waals surface area contributed by atoms with Crippen LogP contribution < -0.4 is 14.8 Å². The Hall–Kier alpha value is -2.56. The van der Waals surface area contributed by atoms with E-state index in [1.165, 1.54) is 11.6 Å². The van der Waals surface area contributed by atoms with Crippen LogP contribution in [0.5, 0.6) is 11.5 Å². The normalized spacial score (nSPS) is 10.3. The number of ether oxygens (including phenoxy) is 2. The highest BCUT2D eigenvalue weighted by Crippen LogP contribution is 2.32. The lowest BCUT2D eigenvalue weighted by Crippen LogP contribution is -2.17. The first-order valence-electron chi connectivity index (χ1n) is 9.63. The van der Waals surface area contributed by atoms with E-state index in [0.717, 1.165) is 18.5 Å². The SMILES string of the molecule is CCOc1cccc(CNCCc2ccccc2)c1OCc1ccccc1F.Cl. The van der Waals surface area contributed by atoms with E-state index in [0.29, 0.717) is 30.2 Å². The largest absolute Gasteiger partial charge is 0.490 e. The van der Waals surface area contributed by atoms with Crippen LogP contribution in [-0.4, -0.2) is 13.2 Å². The fraction of sp³-hybridized carbons (Fsp3) is 0.250. The Morgan fingerprint density at radius 1 is 0.828 bits per heavy atom. The highest BCUT2D eigenvalue weighted by molar-refractivity contribution is 5.85. The number of benzene rings is 3. The molecule has 0 amide bonds. The van der Waals surface area contributed by atoms with Crippen molar-refractivity contribution in [1.82, 2.24) is 5.32 Å². The molecule has 0 aliphatic heterocycles. The van der Waals surface area contributed by atoms with Crippen LogP contribution in [0.1, 0.15) is 23.6 Å². The lowest BCUT2D eigenvalue weighted by molar-refractivity contribution is 0.262. The van der Waals surface area contributed by atoms with Gasteiger partial charge in [0.25, 0.3) is 0 Å². The molecular formula is C24H27ClFNO2. The van der Waals surface area contributed by atoms with E-state index in [-0.39, 0.29) is 24.8 Å². The zero-order valence-electron chi connectivity index (χ0n) is 16.6. The first kappa shape index (κ1) is 22.7. The monoisotopic (exact) mass is 415 g/mol. The molecule has 0 heterocycles. The molecule has 0 radical (unpaired) electrons. The van der Waals surface area contributed by atoms with E-state index in [4.69, 9.17) is 9.47 Å². The molecule has 0 aromatic heterocycles. The summed E-state index contributed by atoms with van der Waals surface area (Å²) in [6.07, 6.45) is 0.956. The maximum atomic E-state index is 13.9. The van der Waals surface area contributed by atoms with Gasteiger partial charge in [0.15, 0.2) is 11.5 Å². The Bertz CT molecular complexity index is 874. The van der Waals surface area contributed by atoms with Crippen molar-refractivity contribution in [1.29, 1.82) is 0 Å². The molecule has 1 N–H and O–H groups in total. The Kier molecular flexibility index (Phi) is 9.48. The van der Waals surface area contributed by atoms with Gasteiger partial charge in [-0.05, 0) is 37.6 Å². The first-order valence-corrected chi connectivity index (χ1v) is 9.63. The van der Waals surface area contributed by atoms with Crippen LogP contribution >= 0.6 is 12.4 Å². The van der Waals surface area contributed by atoms with Gasteiger partial charge >= 0.3 is 0 Å². The second-order valence-electron chi connectivity index (χ2n) is 6.47. The molecule has 0 saturated carbocycles. The molecule has 0 atom stereocenters. The molecule has 0 saturated heterocycles. The van der Waals surface area contributed by atoms with E-state index in [1.54, 1.807) is 12.1 Å². The van der Waals surface area contributed by atoms with Gasteiger partial charge in [0.1, 0.15) is 12.4 Å². The predicted molar refractivity (Wildman–Crippen MR) is 117 cm³/mol. The second-order valence-corrected chi connectivity index (χ2v) is 6.47. The third-order valence-electron chi connectivity index (χ3n) is 4.44.